The van der Waals surface area contributed by atoms with Crippen LogP contribution in [0.15, 0.2) is 6.07 Å². The highest BCUT2D eigenvalue weighted by Gasteiger charge is 2.32. The van der Waals surface area contributed by atoms with E-state index >= 15 is 0 Å². The van der Waals surface area contributed by atoms with Gasteiger partial charge >= 0.3 is 5.97 Å². The minimum Gasteiger partial charge on any atom is -0.493 e. The molecule has 2 rings (SSSR count). The van der Waals surface area contributed by atoms with Gasteiger partial charge in [-0.15, -0.1) is 0 Å². The second kappa shape index (κ2) is 4.69. The average molecular weight is 258 g/mol. The second-order valence-corrected chi connectivity index (χ2v) is 3.57. The molecule has 1 aliphatic heterocycles. The molecule has 2 N–H and O–H groups in total. The van der Waals surface area contributed by atoms with Gasteiger partial charge in [0.1, 0.15) is 13.2 Å². The summed E-state index contributed by atoms with van der Waals surface area (Å²) in [7, 11) is 1.17. The lowest BCUT2D eigenvalue weighted by molar-refractivity contribution is -0.147. The van der Waals surface area contributed by atoms with Crippen LogP contribution in [0.1, 0.15) is 11.7 Å². The minimum atomic E-state index is -1.95. The normalized spacial score (nSPS) is 15.1. The van der Waals surface area contributed by atoms with E-state index in [2.05, 4.69) is 0 Å². The van der Waals surface area contributed by atoms with Crippen LogP contribution in [0, 0.1) is 5.82 Å². The Morgan fingerprint density at radius 3 is 2.78 bits per heavy atom. The number of carboxylic acids is 1. The number of rotatable bonds is 3. The van der Waals surface area contributed by atoms with E-state index in [9.17, 15) is 14.3 Å². The third-order valence-electron chi connectivity index (χ3n) is 2.49. The van der Waals surface area contributed by atoms with Crippen molar-refractivity contribution in [3.05, 3.63) is 17.4 Å². The van der Waals surface area contributed by atoms with Crippen molar-refractivity contribution < 1.29 is 33.6 Å². The molecule has 0 saturated heterocycles. The number of fused-ring (bicyclic) bond motifs is 1. The number of carbonyl (C=O) groups is 1. The predicted molar refractivity (Wildman–Crippen MR) is 56.5 cm³/mol. The van der Waals surface area contributed by atoms with Gasteiger partial charge in [-0.05, 0) is 0 Å². The number of benzene rings is 1. The Labute approximate surface area is 102 Å². The number of hydrogen-bond donors (Lipinski definition) is 2. The quantitative estimate of drug-likeness (QED) is 0.831. The van der Waals surface area contributed by atoms with Gasteiger partial charge in [0.05, 0.1) is 12.7 Å². The topological polar surface area (TPSA) is 85.2 Å². The largest absolute Gasteiger partial charge is 0.493 e. The molecule has 1 heterocycles. The molecule has 0 amide bonds. The fourth-order valence-electron chi connectivity index (χ4n) is 1.74. The smallest absolute Gasteiger partial charge is 0.337 e. The summed E-state index contributed by atoms with van der Waals surface area (Å²) in [6.45, 7) is 0.405. The number of aliphatic carboxylic acids is 1. The van der Waals surface area contributed by atoms with Crippen molar-refractivity contribution in [1.82, 2.24) is 0 Å². The van der Waals surface area contributed by atoms with Crippen molar-refractivity contribution >= 4 is 5.97 Å². The molecule has 0 aromatic heterocycles. The van der Waals surface area contributed by atoms with Gasteiger partial charge in [0.15, 0.2) is 29.2 Å². The molecular formula is C11H11FO6. The predicted octanol–water partition coefficient (Wildman–Crippen LogP) is 0.724. The Kier molecular flexibility index (Phi) is 3.24. The van der Waals surface area contributed by atoms with Crippen molar-refractivity contribution in [3.8, 4) is 17.2 Å². The number of aliphatic hydroxyl groups excluding tert-OH is 1. The molecule has 0 saturated carbocycles. The zero-order chi connectivity index (χ0) is 13.3. The van der Waals surface area contributed by atoms with Crippen molar-refractivity contribution in [2.45, 2.75) is 6.10 Å². The standard InChI is InChI=1S/C11H11FO6/c1-16-9-5(12)4-6-10(18-3-2-17-6)7(9)8(13)11(14)15/h4,8,13H,2-3H2,1H3,(H,14,15). The molecule has 0 fully saturated rings. The summed E-state index contributed by atoms with van der Waals surface area (Å²) < 4.78 is 28.9. The Balaban J connectivity index is 2.65. The van der Waals surface area contributed by atoms with Crippen LogP contribution >= 0.6 is 0 Å². The number of carboxylic acid groups (broad SMARTS) is 1. The van der Waals surface area contributed by atoms with Gasteiger partial charge in [-0.25, -0.2) is 9.18 Å². The number of halogens is 1. The first kappa shape index (κ1) is 12.4. The van der Waals surface area contributed by atoms with Gasteiger partial charge < -0.3 is 24.4 Å². The third kappa shape index (κ3) is 1.92. The van der Waals surface area contributed by atoms with E-state index in [-0.39, 0.29) is 36.0 Å². The molecule has 1 aliphatic rings. The summed E-state index contributed by atoms with van der Waals surface area (Å²) in [6, 6.07) is 1.03. The highest BCUT2D eigenvalue weighted by molar-refractivity contribution is 5.77. The van der Waals surface area contributed by atoms with Gasteiger partial charge in [0.25, 0.3) is 0 Å². The number of ether oxygens (including phenoxy) is 3. The van der Waals surface area contributed by atoms with E-state index in [1.54, 1.807) is 0 Å². The first-order valence-corrected chi connectivity index (χ1v) is 5.13. The molecule has 0 spiro atoms. The van der Waals surface area contributed by atoms with Crippen LogP contribution in [0.4, 0.5) is 4.39 Å². The fourth-order valence-corrected chi connectivity index (χ4v) is 1.74. The molecule has 1 aromatic carbocycles. The van der Waals surface area contributed by atoms with E-state index in [1.165, 1.54) is 7.11 Å². The molecule has 0 bridgehead atoms. The molecule has 1 unspecified atom stereocenters. The Hall–Kier alpha value is -2.02. The summed E-state index contributed by atoms with van der Waals surface area (Å²) in [4.78, 5) is 10.8. The van der Waals surface area contributed by atoms with Crippen molar-refractivity contribution in [1.29, 1.82) is 0 Å². The van der Waals surface area contributed by atoms with Crippen LogP contribution in [0.5, 0.6) is 17.2 Å². The fraction of sp³-hybridized carbons (Fsp3) is 0.364. The lowest BCUT2D eigenvalue weighted by Crippen LogP contribution is -2.20. The summed E-state index contributed by atoms with van der Waals surface area (Å²) >= 11 is 0. The zero-order valence-corrected chi connectivity index (χ0v) is 9.47. The summed E-state index contributed by atoms with van der Waals surface area (Å²) in [6.07, 6.45) is -1.95. The molecule has 0 aliphatic carbocycles. The van der Waals surface area contributed by atoms with E-state index in [0.717, 1.165) is 6.07 Å². The van der Waals surface area contributed by atoms with Crippen molar-refractivity contribution in [2.75, 3.05) is 20.3 Å². The van der Waals surface area contributed by atoms with E-state index in [0.29, 0.717) is 0 Å². The molecule has 7 heteroatoms. The maximum atomic E-state index is 13.7. The van der Waals surface area contributed by atoms with Gasteiger partial charge in [-0.2, -0.15) is 0 Å². The lowest BCUT2D eigenvalue weighted by atomic mass is 10.1. The SMILES string of the molecule is COc1c(F)cc2c(c1C(O)C(=O)O)OCCO2. The lowest BCUT2D eigenvalue weighted by Gasteiger charge is -2.24. The summed E-state index contributed by atoms with van der Waals surface area (Å²) in [5.74, 6) is -2.68. The van der Waals surface area contributed by atoms with Crippen LogP contribution in [-0.4, -0.2) is 36.5 Å². The number of hydrogen-bond acceptors (Lipinski definition) is 5. The van der Waals surface area contributed by atoms with Crippen LogP contribution in [0.3, 0.4) is 0 Å². The first-order valence-electron chi connectivity index (χ1n) is 5.13. The van der Waals surface area contributed by atoms with Crippen molar-refractivity contribution in [3.63, 3.8) is 0 Å². The number of methoxy groups -OCH3 is 1. The Morgan fingerprint density at radius 2 is 2.17 bits per heavy atom. The average Bonchev–Trinajstić information content (AvgIpc) is 2.36. The van der Waals surface area contributed by atoms with Crippen LogP contribution in [0.25, 0.3) is 0 Å². The van der Waals surface area contributed by atoms with Gasteiger partial charge in [0, 0.05) is 6.07 Å². The molecular weight excluding hydrogens is 247 g/mol. The molecule has 98 valence electrons. The van der Waals surface area contributed by atoms with E-state index in [4.69, 9.17) is 19.3 Å². The Bertz CT molecular complexity index is 487. The maximum Gasteiger partial charge on any atom is 0.337 e. The molecule has 1 aromatic rings. The van der Waals surface area contributed by atoms with Crippen LogP contribution in [0.2, 0.25) is 0 Å². The maximum absolute atomic E-state index is 13.7. The Morgan fingerprint density at radius 1 is 1.50 bits per heavy atom. The molecule has 1 atom stereocenters. The second-order valence-electron chi connectivity index (χ2n) is 3.57. The highest BCUT2D eigenvalue weighted by Crippen LogP contribution is 2.44. The van der Waals surface area contributed by atoms with Crippen LogP contribution in [-0.2, 0) is 4.79 Å². The zero-order valence-electron chi connectivity index (χ0n) is 9.47. The summed E-state index contributed by atoms with van der Waals surface area (Å²) in [5.41, 5.74) is -0.278. The van der Waals surface area contributed by atoms with E-state index < -0.39 is 17.9 Å². The van der Waals surface area contributed by atoms with Gasteiger partial charge in [0.2, 0.25) is 0 Å². The first-order chi connectivity index (χ1) is 8.56. The summed E-state index contributed by atoms with van der Waals surface area (Å²) in [5, 5.41) is 18.4. The molecule has 18 heavy (non-hydrogen) atoms. The highest BCUT2D eigenvalue weighted by atomic mass is 19.1. The monoisotopic (exact) mass is 258 g/mol. The minimum absolute atomic E-state index is 0.00519. The molecule has 0 radical (unpaired) electrons. The third-order valence-corrected chi connectivity index (χ3v) is 2.49. The molecule has 6 nitrogen and oxygen atoms in total. The van der Waals surface area contributed by atoms with Crippen LogP contribution < -0.4 is 14.2 Å². The number of aliphatic hydroxyl groups is 1. The van der Waals surface area contributed by atoms with Gasteiger partial charge in [-0.1, -0.05) is 0 Å². The van der Waals surface area contributed by atoms with E-state index in [1.807, 2.05) is 0 Å². The van der Waals surface area contributed by atoms with Crippen molar-refractivity contribution in [2.24, 2.45) is 0 Å². The van der Waals surface area contributed by atoms with Gasteiger partial charge in [-0.3, -0.25) is 0 Å².